The van der Waals surface area contributed by atoms with Gasteiger partial charge in [0, 0.05) is 39.8 Å². The number of aryl methyl sites for hydroxylation is 5. The Balaban J connectivity index is 1.34. The first-order chi connectivity index (χ1) is 29.9. The van der Waals surface area contributed by atoms with E-state index < -0.39 is 0 Å². The molecule has 2 aliphatic heterocycles. The van der Waals surface area contributed by atoms with Crippen molar-refractivity contribution in [2.24, 2.45) is 0 Å². The van der Waals surface area contributed by atoms with Crippen molar-refractivity contribution in [2.75, 3.05) is 14.7 Å². The van der Waals surface area contributed by atoms with Gasteiger partial charge in [0.2, 0.25) is 0 Å². The van der Waals surface area contributed by atoms with Crippen LogP contribution in [0, 0.1) is 34.6 Å². The van der Waals surface area contributed by atoms with Crippen LogP contribution in [0.5, 0.6) is 0 Å². The molecule has 0 saturated carbocycles. The van der Waals surface area contributed by atoms with E-state index in [4.69, 9.17) is 0 Å². The lowest BCUT2D eigenvalue weighted by atomic mass is 9.33. The zero-order valence-electron chi connectivity index (χ0n) is 39.5. The van der Waals surface area contributed by atoms with Gasteiger partial charge in [0.25, 0.3) is 6.71 Å². The minimum absolute atomic E-state index is 0.0222. The van der Waals surface area contributed by atoms with Gasteiger partial charge in [0.15, 0.2) is 0 Å². The molecule has 0 spiro atoms. The molecule has 2 heterocycles. The Morgan fingerprint density at radius 3 is 1.49 bits per heavy atom. The van der Waals surface area contributed by atoms with Gasteiger partial charge >= 0.3 is 0 Å². The lowest BCUT2D eigenvalue weighted by Crippen LogP contribution is -2.62. The molecule has 10 rings (SSSR count). The van der Waals surface area contributed by atoms with Crippen LogP contribution in [0.4, 0.5) is 51.2 Å². The molecule has 0 amide bonds. The van der Waals surface area contributed by atoms with Gasteiger partial charge in [-0.2, -0.15) is 0 Å². The van der Waals surface area contributed by atoms with Gasteiger partial charge in [-0.1, -0.05) is 127 Å². The number of anilines is 9. The Bertz CT molecular complexity index is 2870. The van der Waals surface area contributed by atoms with Crippen LogP contribution < -0.4 is 31.1 Å². The van der Waals surface area contributed by atoms with Crippen LogP contribution in [0.3, 0.4) is 0 Å². The smallest absolute Gasteiger partial charge is 0.252 e. The van der Waals surface area contributed by atoms with Crippen molar-refractivity contribution in [3.8, 4) is 0 Å². The van der Waals surface area contributed by atoms with Crippen molar-refractivity contribution in [3.05, 3.63) is 178 Å². The second-order valence-corrected chi connectivity index (χ2v) is 21.2. The molecule has 0 atom stereocenters. The van der Waals surface area contributed by atoms with E-state index in [9.17, 15) is 0 Å². The summed E-state index contributed by atoms with van der Waals surface area (Å²) >= 11 is 0. The first-order valence-electron chi connectivity index (χ1n) is 23.1. The van der Waals surface area contributed by atoms with E-state index in [0.717, 1.165) is 17.1 Å². The predicted octanol–water partition coefficient (Wildman–Crippen LogP) is 14.4. The largest absolute Gasteiger partial charge is 0.311 e. The fraction of sp³-hybridized carbons (Fsp3) is 0.288. The van der Waals surface area contributed by atoms with Gasteiger partial charge in [-0.15, -0.1) is 0 Å². The van der Waals surface area contributed by atoms with Crippen LogP contribution in [0.25, 0.3) is 0 Å². The minimum atomic E-state index is 0.0222. The highest BCUT2D eigenvalue weighted by Crippen LogP contribution is 2.52. The van der Waals surface area contributed by atoms with Crippen molar-refractivity contribution < 1.29 is 0 Å². The van der Waals surface area contributed by atoms with Gasteiger partial charge in [-0.3, -0.25) is 0 Å². The predicted molar refractivity (Wildman–Crippen MR) is 273 cm³/mol. The summed E-state index contributed by atoms with van der Waals surface area (Å²) in [6.45, 7) is 28.4. The van der Waals surface area contributed by atoms with Crippen molar-refractivity contribution >= 4 is 74.3 Å². The molecule has 0 aromatic heterocycles. The molecule has 0 bridgehead atoms. The van der Waals surface area contributed by atoms with Crippen molar-refractivity contribution in [2.45, 2.75) is 112 Å². The Morgan fingerprint density at radius 1 is 0.476 bits per heavy atom. The van der Waals surface area contributed by atoms with Crippen molar-refractivity contribution in [1.82, 2.24) is 0 Å². The standard InChI is InChI=1S/C59H62BN3/c1-37-30-52-54-53(31-37)63(55-38(2)20-19-21-39(55)3)51-36-47-46(58(9,10)28-29-59(47,11)12)35-49(51)60(54)48-27-26-45(61(43-22-15-13-16-23-43)44-24-17-14-18-25-44)34-50(48)62(52)56-40(4)32-42(33-41(56)5)57(6,7)8/h13-27,30-36H,28-29H2,1-12H3. The quantitative estimate of drug-likeness (QED) is 0.160. The highest BCUT2D eigenvalue weighted by atomic mass is 15.2. The molecule has 0 unspecified atom stereocenters. The van der Waals surface area contributed by atoms with E-state index in [0.29, 0.717) is 0 Å². The fourth-order valence-electron chi connectivity index (χ4n) is 11.3. The Labute approximate surface area is 377 Å². The van der Waals surface area contributed by atoms with Gasteiger partial charge in [-0.25, -0.2) is 0 Å². The normalized spacial score (nSPS) is 15.7. The third-order valence-electron chi connectivity index (χ3n) is 14.7. The van der Waals surface area contributed by atoms with Crippen LogP contribution in [0.1, 0.15) is 106 Å². The maximum atomic E-state index is 2.66. The second kappa shape index (κ2) is 14.5. The lowest BCUT2D eigenvalue weighted by molar-refractivity contribution is 0.332. The van der Waals surface area contributed by atoms with E-state index in [1.54, 1.807) is 0 Å². The number of hydrogen-bond donors (Lipinski definition) is 0. The molecule has 3 aliphatic rings. The molecule has 0 saturated heterocycles. The molecule has 0 N–H and O–H groups in total. The molecular weight excluding hydrogens is 761 g/mol. The number of fused-ring (bicyclic) bond motifs is 5. The van der Waals surface area contributed by atoms with Gasteiger partial charge in [0.05, 0.1) is 11.4 Å². The highest BCUT2D eigenvalue weighted by Gasteiger charge is 2.47. The zero-order valence-corrected chi connectivity index (χ0v) is 39.5. The number of rotatable bonds is 5. The summed E-state index contributed by atoms with van der Waals surface area (Å²) in [7, 11) is 0. The monoisotopic (exact) mass is 824 g/mol. The van der Waals surface area contributed by atoms with Crippen LogP contribution in [0.2, 0.25) is 0 Å². The summed E-state index contributed by atoms with van der Waals surface area (Å²) in [6, 6.07) is 50.9. The van der Waals surface area contributed by atoms with Crippen molar-refractivity contribution in [3.63, 3.8) is 0 Å². The Kier molecular flexibility index (Phi) is 9.46. The minimum Gasteiger partial charge on any atom is -0.311 e. The molecule has 7 aromatic rings. The van der Waals surface area contributed by atoms with Crippen LogP contribution in [-0.2, 0) is 16.2 Å². The van der Waals surface area contributed by atoms with E-state index in [1.807, 2.05) is 0 Å². The Hall–Kier alpha value is -6.00. The average molecular weight is 824 g/mol. The maximum absolute atomic E-state index is 2.66. The summed E-state index contributed by atoms with van der Waals surface area (Å²) in [6.07, 6.45) is 2.34. The van der Waals surface area contributed by atoms with E-state index in [1.165, 1.54) is 108 Å². The SMILES string of the molecule is Cc1cc2c3c(c1)N(c1c(C)cccc1C)c1cc4c(cc1B3c1ccc(N(c3ccccc3)c3ccccc3)cc1N2c1c(C)cc(C(C)(C)C)cc1C)C(C)(C)CCC4(C)C. The number of para-hydroxylation sites is 3. The van der Waals surface area contributed by atoms with E-state index >= 15 is 0 Å². The topological polar surface area (TPSA) is 9.72 Å². The van der Waals surface area contributed by atoms with Gasteiger partial charge in [-0.05, 0) is 179 Å². The van der Waals surface area contributed by atoms with E-state index in [-0.39, 0.29) is 23.0 Å². The van der Waals surface area contributed by atoms with Crippen LogP contribution >= 0.6 is 0 Å². The highest BCUT2D eigenvalue weighted by molar-refractivity contribution is 7.00. The fourth-order valence-corrected chi connectivity index (χ4v) is 11.3. The molecule has 4 heteroatoms. The summed E-state index contributed by atoms with van der Waals surface area (Å²) in [5.41, 5.74) is 26.1. The molecule has 3 nitrogen and oxygen atoms in total. The molecule has 7 aromatic carbocycles. The van der Waals surface area contributed by atoms with Gasteiger partial charge < -0.3 is 14.7 Å². The summed E-state index contributed by atoms with van der Waals surface area (Å²) in [5, 5.41) is 0. The molecule has 0 radical (unpaired) electrons. The molecule has 316 valence electrons. The number of nitrogens with zero attached hydrogens (tertiary/aromatic N) is 3. The maximum Gasteiger partial charge on any atom is 0.252 e. The average Bonchev–Trinajstić information content (AvgIpc) is 3.23. The number of hydrogen-bond acceptors (Lipinski definition) is 3. The van der Waals surface area contributed by atoms with E-state index in [2.05, 4.69) is 231 Å². The summed E-state index contributed by atoms with van der Waals surface area (Å²) in [4.78, 5) is 7.72. The van der Waals surface area contributed by atoms with Crippen LogP contribution in [0.15, 0.2) is 133 Å². The summed E-state index contributed by atoms with van der Waals surface area (Å²) < 4.78 is 0. The molecule has 63 heavy (non-hydrogen) atoms. The number of benzene rings is 7. The first kappa shape index (κ1) is 41.0. The Morgan fingerprint density at radius 2 is 0.968 bits per heavy atom. The lowest BCUT2D eigenvalue weighted by Gasteiger charge is -2.48. The third kappa shape index (κ3) is 6.54. The zero-order chi connectivity index (χ0) is 44.3. The third-order valence-corrected chi connectivity index (χ3v) is 14.7. The van der Waals surface area contributed by atoms with Crippen molar-refractivity contribution in [1.29, 1.82) is 0 Å². The summed E-state index contributed by atoms with van der Waals surface area (Å²) in [5.74, 6) is 0. The second-order valence-electron chi connectivity index (χ2n) is 21.2. The molecular formula is C59H62BN3. The molecule has 0 fully saturated rings. The molecule has 1 aliphatic carbocycles. The van der Waals surface area contributed by atoms with Crippen LogP contribution in [-0.4, -0.2) is 6.71 Å². The first-order valence-corrected chi connectivity index (χ1v) is 23.1. The van der Waals surface area contributed by atoms with Gasteiger partial charge in [0.1, 0.15) is 0 Å².